The molecule has 0 bridgehead atoms. The number of rotatable bonds is 4. The molecule has 1 aliphatic carbocycles. The van der Waals surface area contributed by atoms with Crippen molar-refractivity contribution in [2.45, 2.75) is 52.4 Å². The highest BCUT2D eigenvalue weighted by Gasteiger charge is 2.36. The summed E-state index contributed by atoms with van der Waals surface area (Å²) >= 11 is 0. The van der Waals surface area contributed by atoms with Gasteiger partial charge in [-0.15, -0.1) is 0 Å². The van der Waals surface area contributed by atoms with Gasteiger partial charge in [-0.2, -0.15) is 0 Å². The Labute approximate surface area is 213 Å². The van der Waals surface area contributed by atoms with Crippen LogP contribution in [0.1, 0.15) is 63.8 Å². The summed E-state index contributed by atoms with van der Waals surface area (Å²) in [5.41, 5.74) is 2.09. The van der Waals surface area contributed by atoms with Crippen molar-refractivity contribution < 1.29 is 14.8 Å². The summed E-state index contributed by atoms with van der Waals surface area (Å²) in [5.74, 6) is 0. The Morgan fingerprint density at radius 2 is 1.27 bits per heavy atom. The minimum absolute atomic E-state index is 0.156. The lowest BCUT2D eigenvalue weighted by Gasteiger charge is -2.25. The standard InChI is InChI=1S/C27H26N4O6/c1-26(2,3)15-7-10-21(27(4,5)6)22(11-15)28-25-19-12-16(29(32)33)8-9-18(19)24-20(25)13-17(30(34)35)14-23(24)31(36)37/h7-14H,1-6H3. The summed E-state index contributed by atoms with van der Waals surface area (Å²) in [7, 11) is 0. The largest absolute Gasteiger partial charge is 0.284 e. The van der Waals surface area contributed by atoms with Crippen LogP contribution in [0.4, 0.5) is 22.7 Å². The van der Waals surface area contributed by atoms with Crippen LogP contribution in [-0.2, 0) is 10.8 Å². The summed E-state index contributed by atoms with van der Waals surface area (Å²) in [6.45, 7) is 12.3. The van der Waals surface area contributed by atoms with Crippen LogP contribution in [0.3, 0.4) is 0 Å². The van der Waals surface area contributed by atoms with E-state index in [0.29, 0.717) is 16.8 Å². The van der Waals surface area contributed by atoms with Gasteiger partial charge in [-0.3, -0.25) is 30.3 Å². The molecule has 3 aromatic carbocycles. The summed E-state index contributed by atoms with van der Waals surface area (Å²) < 4.78 is 0. The lowest BCUT2D eigenvalue weighted by Crippen LogP contribution is -2.15. The summed E-state index contributed by atoms with van der Waals surface area (Å²) in [6, 6.07) is 12.1. The lowest BCUT2D eigenvalue weighted by molar-refractivity contribution is -0.393. The third-order valence-corrected chi connectivity index (χ3v) is 6.41. The van der Waals surface area contributed by atoms with Crippen LogP contribution in [0.25, 0.3) is 11.1 Å². The average molecular weight is 503 g/mol. The first-order valence-electron chi connectivity index (χ1n) is 11.6. The Kier molecular flexibility index (Phi) is 5.94. The maximum atomic E-state index is 12.0. The van der Waals surface area contributed by atoms with Crippen molar-refractivity contribution >= 4 is 28.5 Å². The SMILES string of the molecule is CC(C)(C)c1ccc(C(C)(C)C)c(N=C2c3cc([N+](=O)[O-])ccc3-c3c2cc([N+](=O)[O-])cc3[N+](=O)[O-])c1. The van der Waals surface area contributed by atoms with Gasteiger partial charge in [0.1, 0.15) is 0 Å². The van der Waals surface area contributed by atoms with Crippen LogP contribution in [0.2, 0.25) is 0 Å². The monoisotopic (exact) mass is 502 g/mol. The van der Waals surface area contributed by atoms with Crippen LogP contribution in [-0.4, -0.2) is 20.5 Å². The first-order valence-corrected chi connectivity index (χ1v) is 11.6. The molecular weight excluding hydrogens is 476 g/mol. The number of aliphatic imine (C=N–C) groups is 1. The zero-order chi connectivity index (χ0) is 27.4. The maximum absolute atomic E-state index is 12.0. The second-order valence-corrected chi connectivity index (χ2v) is 11.1. The van der Waals surface area contributed by atoms with E-state index in [-0.39, 0.29) is 33.4 Å². The molecule has 0 heterocycles. The summed E-state index contributed by atoms with van der Waals surface area (Å²) in [5, 5.41) is 35.2. The number of nitro groups is 3. The molecule has 37 heavy (non-hydrogen) atoms. The van der Waals surface area contributed by atoms with Crippen LogP contribution >= 0.6 is 0 Å². The molecule has 3 aromatic rings. The van der Waals surface area contributed by atoms with Gasteiger partial charge in [0.15, 0.2) is 0 Å². The Morgan fingerprint density at radius 1 is 0.649 bits per heavy atom. The van der Waals surface area contributed by atoms with E-state index in [1.54, 1.807) is 0 Å². The van der Waals surface area contributed by atoms with Crippen LogP contribution in [0.15, 0.2) is 53.5 Å². The van der Waals surface area contributed by atoms with E-state index in [1.807, 2.05) is 39.0 Å². The highest BCUT2D eigenvalue weighted by atomic mass is 16.6. The molecule has 1 aliphatic rings. The van der Waals surface area contributed by atoms with Gasteiger partial charge in [-0.25, -0.2) is 4.99 Å². The number of benzene rings is 3. The predicted octanol–water partition coefficient (Wildman–Crippen LogP) is 7.16. The van der Waals surface area contributed by atoms with Gasteiger partial charge in [0.25, 0.3) is 17.1 Å². The molecular formula is C27H26N4O6. The number of fused-ring (bicyclic) bond motifs is 3. The lowest BCUT2D eigenvalue weighted by atomic mass is 9.81. The molecule has 10 nitrogen and oxygen atoms in total. The average Bonchev–Trinajstić information content (AvgIpc) is 3.09. The zero-order valence-corrected chi connectivity index (χ0v) is 21.4. The maximum Gasteiger partial charge on any atom is 0.284 e. The minimum atomic E-state index is -0.697. The Morgan fingerprint density at radius 3 is 1.81 bits per heavy atom. The smallest absolute Gasteiger partial charge is 0.258 e. The third kappa shape index (κ3) is 4.57. The number of nitro benzene ring substituents is 3. The molecule has 0 aliphatic heterocycles. The second-order valence-electron chi connectivity index (χ2n) is 11.1. The van der Waals surface area contributed by atoms with Gasteiger partial charge in [-0.05, 0) is 39.7 Å². The molecule has 0 amide bonds. The van der Waals surface area contributed by atoms with Crippen LogP contribution in [0, 0.1) is 30.3 Å². The Bertz CT molecular complexity index is 1530. The fraction of sp³-hybridized carbons (Fsp3) is 0.296. The van der Waals surface area contributed by atoms with Crippen molar-refractivity contribution in [1.29, 1.82) is 0 Å². The summed E-state index contributed by atoms with van der Waals surface area (Å²) in [4.78, 5) is 38.2. The third-order valence-electron chi connectivity index (χ3n) is 6.41. The van der Waals surface area contributed by atoms with Gasteiger partial charge in [0.05, 0.1) is 37.8 Å². The van der Waals surface area contributed by atoms with E-state index in [9.17, 15) is 30.3 Å². The molecule has 190 valence electrons. The number of non-ortho nitro benzene ring substituents is 2. The van der Waals surface area contributed by atoms with Gasteiger partial charge in [0.2, 0.25) is 0 Å². The van der Waals surface area contributed by atoms with E-state index in [0.717, 1.165) is 17.2 Å². The van der Waals surface area contributed by atoms with Crippen molar-refractivity contribution in [1.82, 2.24) is 0 Å². The van der Waals surface area contributed by atoms with Crippen LogP contribution < -0.4 is 0 Å². The van der Waals surface area contributed by atoms with Gasteiger partial charge >= 0.3 is 0 Å². The van der Waals surface area contributed by atoms with Crippen molar-refractivity contribution in [3.05, 3.63) is 101 Å². The molecule has 0 unspecified atom stereocenters. The molecule has 4 rings (SSSR count). The normalized spacial score (nSPS) is 13.8. The van der Waals surface area contributed by atoms with Gasteiger partial charge in [-0.1, -0.05) is 53.7 Å². The molecule has 0 fully saturated rings. The number of nitrogens with zero attached hydrogens (tertiary/aromatic N) is 4. The van der Waals surface area contributed by atoms with E-state index >= 15 is 0 Å². The van der Waals surface area contributed by atoms with E-state index < -0.39 is 26.1 Å². The molecule has 0 N–H and O–H groups in total. The van der Waals surface area contributed by atoms with Crippen LogP contribution in [0.5, 0.6) is 0 Å². The fourth-order valence-electron chi connectivity index (χ4n) is 4.50. The van der Waals surface area contributed by atoms with Crippen molar-refractivity contribution in [2.24, 2.45) is 4.99 Å². The second kappa shape index (κ2) is 8.58. The molecule has 0 atom stereocenters. The Hall–Kier alpha value is -4.47. The minimum Gasteiger partial charge on any atom is -0.258 e. The highest BCUT2D eigenvalue weighted by molar-refractivity contribution is 6.27. The Balaban J connectivity index is 2.14. The topological polar surface area (TPSA) is 142 Å². The molecule has 0 radical (unpaired) electrons. The number of hydrogen-bond donors (Lipinski definition) is 0. The first-order chi connectivity index (χ1) is 17.1. The molecule has 0 saturated carbocycles. The van der Waals surface area contributed by atoms with Crippen molar-refractivity contribution in [3.63, 3.8) is 0 Å². The molecule has 0 saturated heterocycles. The van der Waals surface area contributed by atoms with E-state index in [4.69, 9.17) is 4.99 Å². The van der Waals surface area contributed by atoms with Crippen molar-refractivity contribution in [2.75, 3.05) is 0 Å². The number of hydrogen-bond acceptors (Lipinski definition) is 7. The van der Waals surface area contributed by atoms with E-state index in [1.165, 1.54) is 24.3 Å². The summed E-state index contributed by atoms with van der Waals surface area (Å²) in [6.07, 6.45) is 0. The zero-order valence-electron chi connectivity index (χ0n) is 21.4. The van der Waals surface area contributed by atoms with Crippen molar-refractivity contribution in [3.8, 4) is 11.1 Å². The quantitative estimate of drug-likeness (QED) is 0.214. The first kappa shape index (κ1) is 25.6. The van der Waals surface area contributed by atoms with Gasteiger partial charge < -0.3 is 0 Å². The predicted molar refractivity (Wildman–Crippen MR) is 141 cm³/mol. The molecule has 0 spiro atoms. The van der Waals surface area contributed by atoms with E-state index in [2.05, 4.69) is 20.8 Å². The van der Waals surface area contributed by atoms with Gasteiger partial charge in [0, 0.05) is 29.3 Å². The molecule has 10 heteroatoms. The highest BCUT2D eigenvalue weighted by Crippen LogP contribution is 2.47. The molecule has 0 aromatic heterocycles. The fourth-order valence-corrected chi connectivity index (χ4v) is 4.50.